The highest BCUT2D eigenvalue weighted by molar-refractivity contribution is 5.82. The summed E-state index contributed by atoms with van der Waals surface area (Å²) in [5, 5.41) is 10.4. The van der Waals surface area contributed by atoms with E-state index in [1.807, 2.05) is 6.92 Å². The number of rotatable bonds is 1. The summed E-state index contributed by atoms with van der Waals surface area (Å²) >= 11 is 0. The van der Waals surface area contributed by atoms with Crippen molar-refractivity contribution in [3.8, 4) is 0 Å². The maximum atomic E-state index is 12.0. The van der Waals surface area contributed by atoms with Gasteiger partial charge in [0.2, 0.25) is 0 Å². The molecule has 4 rings (SSSR count). The number of methoxy groups -OCH3 is 1. The summed E-state index contributed by atoms with van der Waals surface area (Å²) in [6.45, 7) is 6.54. The van der Waals surface area contributed by atoms with Crippen molar-refractivity contribution in [2.24, 2.45) is 28.1 Å². The molecule has 4 fully saturated rings. The van der Waals surface area contributed by atoms with Gasteiger partial charge in [-0.3, -0.25) is 4.79 Å². The highest BCUT2D eigenvalue weighted by Gasteiger charge is 2.81. The highest BCUT2D eigenvalue weighted by atomic mass is 16.5. The van der Waals surface area contributed by atoms with Gasteiger partial charge in [0.25, 0.3) is 0 Å². The van der Waals surface area contributed by atoms with Crippen LogP contribution in [0.4, 0.5) is 0 Å². The molecule has 0 heterocycles. The summed E-state index contributed by atoms with van der Waals surface area (Å²) in [5.74, 6) is 0.973. The number of aliphatic hydroxyl groups is 1. The van der Waals surface area contributed by atoms with E-state index in [-0.39, 0.29) is 22.9 Å². The number of ether oxygens (including phenoxy) is 1. The van der Waals surface area contributed by atoms with E-state index < -0.39 is 5.41 Å². The molecular weight excluding hydrogens is 216 g/mol. The molecule has 0 radical (unpaired) electrons. The third kappa shape index (κ3) is 1.01. The zero-order valence-corrected chi connectivity index (χ0v) is 11.1. The minimum absolute atomic E-state index is 0.141. The average Bonchev–Trinajstić information content (AvgIpc) is 2.89. The molecule has 17 heavy (non-hydrogen) atoms. The molecule has 0 aromatic rings. The van der Waals surface area contributed by atoms with Gasteiger partial charge in [0, 0.05) is 5.41 Å². The molecule has 0 aromatic carbocycles. The molecule has 0 amide bonds. The first kappa shape index (κ1) is 11.5. The molecule has 0 aliphatic heterocycles. The first-order valence-corrected chi connectivity index (χ1v) is 6.57. The Kier molecular flexibility index (Phi) is 1.95. The third-order valence-electron chi connectivity index (χ3n) is 6.38. The number of hydrogen-bond donors (Lipinski definition) is 1. The molecule has 2 bridgehead atoms. The molecule has 3 heteroatoms. The second-order valence-electron chi connectivity index (χ2n) is 7.10. The van der Waals surface area contributed by atoms with Crippen molar-refractivity contribution in [1.82, 2.24) is 0 Å². The first-order valence-electron chi connectivity index (χ1n) is 6.57. The van der Waals surface area contributed by atoms with Gasteiger partial charge in [-0.1, -0.05) is 13.8 Å². The zero-order chi connectivity index (χ0) is 12.6. The Morgan fingerprint density at radius 2 is 1.94 bits per heavy atom. The van der Waals surface area contributed by atoms with E-state index >= 15 is 0 Å². The minimum Gasteiger partial charge on any atom is -0.469 e. The number of hydrogen-bond acceptors (Lipinski definition) is 3. The first-order chi connectivity index (χ1) is 7.80. The standard InChI is InChI=1S/C14H22O3/c1-12(2)8-5-9(12)14(10(15)6-8)7-13(14,3)11(16)17-4/h8-10,15H,5-7H2,1-4H3/t8-,9-,10+,13-,14+/m1/s1. The Balaban J connectivity index is 1.96. The summed E-state index contributed by atoms with van der Waals surface area (Å²) in [5.41, 5.74) is -0.363. The fourth-order valence-electron chi connectivity index (χ4n) is 5.02. The molecule has 0 unspecified atom stereocenters. The smallest absolute Gasteiger partial charge is 0.312 e. The van der Waals surface area contributed by atoms with Crippen LogP contribution in [0.25, 0.3) is 0 Å². The summed E-state index contributed by atoms with van der Waals surface area (Å²) in [6.07, 6.45) is 2.52. The van der Waals surface area contributed by atoms with Gasteiger partial charge in [0.1, 0.15) is 0 Å². The number of aliphatic hydroxyl groups excluding tert-OH is 1. The Morgan fingerprint density at radius 1 is 1.29 bits per heavy atom. The van der Waals surface area contributed by atoms with Crippen LogP contribution in [0, 0.1) is 28.1 Å². The Labute approximate surface area is 103 Å². The maximum absolute atomic E-state index is 12.0. The van der Waals surface area contributed by atoms with E-state index in [1.165, 1.54) is 13.5 Å². The van der Waals surface area contributed by atoms with Crippen molar-refractivity contribution in [3.05, 3.63) is 0 Å². The zero-order valence-electron chi connectivity index (χ0n) is 11.1. The van der Waals surface area contributed by atoms with Gasteiger partial charge in [-0.15, -0.1) is 0 Å². The summed E-state index contributed by atoms with van der Waals surface area (Å²) in [7, 11) is 1.45. The minimum atomic E-state index is -0.450. The predicted molar refractivity (Wildman–Crippen MR) is 63.2 cm³/mol. The molecule has 1 spiro atoms. The van der Waals surface area contributed by atoms with Crippen LogP contribution in [0.15, 0.2) is 0 Å². The van der Waals surface area contributed by atoms with Crippen molar-refractivity contribution in [2.45, 2.75) is 46.1 Å². The van der Waals surface area contributed by atoms with Gasteiger partial charge in [-0.25, -0.2) is 0 Å². The molecule has 4 aliphatic rings. The lowest BCUT2D eigenvalue weighted by molar-refractivity contribution is -0.193. The molecule has 1 N–H and O–H groups in total. The molecule has 5 atom stereocenters. The van der Waals surface area contributed by atoms with Crippen LogP contribution >= 0.6 is 0 Å². The van der Waals surface area contributed by atoms with E-state index in [0.717, 1.165) is 12.8 Å². The lowest BCUT2D eigenvalue weighted by Crippen LogP contribution is -2.60. The van der Waals surface area contributed by atoms with Crippen LogP contribution in [0.2, 0.25) is 0 Å². The van der Waals surface area contributed by atoms with E-state index in [9.17, 15) is 9.90 Å². The second kappa shape index (κ2) is 2.87. The topological polar surface area (TPSA) is 46.5 Å². The van der Waals surface area contributed by atoms with Crippen molar-refractivity contribution < 1.29 is 14.6 Å². The van der Waals surface area contributed by atoms with Gasteiger partial charge < -0.3 is 9.84 Å². The van der Waals surface area contributed by atoms with Crippen LogP contribution in [0.5, 0.6) is 0 Å². The predicted octanol–water partition coefficient (Wildman–Crippen LogP) is 1.98. The Bertz CT molecular complexity index is 389. The SMILES string of the molecule is COC(=O)[C@@]1(C)C[C@@]12[C@@H]1C[C@H](C[C@@H]2O)C1(C)C. The van der Waals surface area contributed by atoms with Crippen LogP contribution in [-0.2, 0) is 9.53 Å². The van der Waals surface area contributed by atoms with Crippen molar-refractivity contribution in [1.29, 1.82) is 0 Å². The van der Waals surface area contributed by atoms with Gasteiger partial charge in [-0.2, -0.15) is 0 Å². The Morgan fingerprint density at radius 3 is 2.47 bits per heavy atom. The molecule has 4 aliphatic carbocycles. The molecule has 4 saturated carbocycles. The number of fused-ring (bicyclic) bond motifs is 1. The fourth-order valence-corrected chi connectivity index (χ4v) is 5.02. The summed E-state index contributed by atoms with van der Waals surface area (Å²) < 4.78 is 4.94. The number of esters is 1. The van der Waals surface area contributed by atoms with E-state index in [2.05, 4.69) is 13.8 Å². The molecule has 3 nitrogen and oxygen atoms in total. The van der Waals surface area contributed by atoms with Crippen LogP contribution in [0.3, 0.4) is 0 Å². The van der Waals surface area contributed by atoms with Crippen molar-refractivity contribution >= 4 is 5.97 Å². The van der Waals surface area contributed by atoms with E-state index in [0.29, 0.717) is 11.8 Å². The quantitative estimate of drug-likeness (QED) is 0.711. The Hall–Kier alpha value is -0.570. The second-order valence-corrected chi connectivity index (χ2v) is 7.10. The monoisotopic (exact) mass is 238 g/mol. The largest absolute Gasteiger partial charge is 0.469 e. The van der Waals surface area contributed by atoms with Gasteiger partial charge in [0.05, 0.1) is 18.6 Å². The number of carbonyl (C=O) groups is 1. The van der Waals surface area contributed by atoms with Crippen LogP contribution in [-0.4, -0.2) is 24.3 Å². The fraction of sp³-hybridized carbons (Fsp3) is 0.929. The van der Waals surface area contributed by atoms with Gasteiger partial charge >= 0.3 is 5.97 Å². The highest BCUT2D eigenvalue weighted by Crippen LogP contribution is 2.81. The average molecular weight is 238 g/mol. The molecular formula is C14H22O3. The van der Waals surface area contributed by atoms with Gasteiger partial charge in [-0.05, 0) is 43.4 Å². The van der Waals surface area contributed by atoms with Crippen LogP contribution < -0.4 is 0 Å². The van der Waals surface area contributed by atoms with Crippen LogP contribution in [0.1, 0.15) is 40.0 Å². The molecule has 0 aromatic heterocycles. The van der Waals surface area contributed by atoms with Crippen molar-refractivity contribution in [3.63, 3.8) is 0 Å². The molecule has 0 saturated heterocycles. The normalized spacial score (nSPS) is 54.1. The number of carbonyl (C=O) groups excluding carboxylic acids is 1. The lowest BCUT2D eigenvalue weighted by Gasteiger charge is -2.63. The van der Waals surface area contributed by atoms with Gasteiger partial charge in [0.15, 0.2) is 0 Å². The van der Waals surface area contributed by atoms with Crippen molar-refractivity contribution in [2.75, 3.05) is 7.11 Å². The van der Waals surface area contributed by atoms with E-state index in [4.69, 9.17) is 4.74 Å². The van der Waals surface area contributed by atoms with E-state index in [1.54, 1.807) is 0 Å². The maximum Gasteiger partial charge on any atom is 0.312 e. The summed E-state index contributed by atoms with van der Waals surface area (Å²) in [6, 6.07) is 0. The molecule has 96 valence electrons. The third-order valence-corrected chi connectivity index (χ3v) is 6.38. The summed E-state index contributed by atoms with van der Waals surface area (Å²) in [4.78, 5) is 12.0. The lowest BCUT2D eigenvalue weighted by atomic mass is 9.42.